The van der Waals surface area contributed by atoms with Crippen molar-refractivity contribution in [3.63, 3.8) is 0 Å². The van der Waals surface area contributed by atoms with E-state index < -0.39 is 0 Å². The average Bonchev–Trinajstić information content (AvgIpc) is 3.32. The van der Waals surface area contributed by atoms with Crippen molar-refractivity contribution in [1.29, 1.82) is 0 Å². The smallest absolute Gasteiger partial charge is 0.0925 e. The summed E-state index contributed by atoms with van der Waals surface area (Å²) >= 11 is 0. The van der Waals surface area contributed by atoms with Crippen LogP contribution < -0.4 is 0 Å². The van der Waals surface area contributed by atoms with Gasteiger partial charge in [-0.15, -0.1) is 0 Å². The Morgan fingerprint density at radius 1 is 0.771 bits per heavy atom. The fourth-order valence-corrected chi connectivity index (χ4v) is 4.46. The molecule has 2 aromatic carbocycles. The molecule has 1 N–H and O–H groups in total. The largest absolute Gasteiger partial charge is 0.348 e. The van der Waals surface area contributed by atoms with E-state index in [0.29, 0.717) is 6.32 Å². The lowest BCUT2D eigenvalue weighted by Crippen LogP contribution is -1.94. The van der Waals surface area contributed by atoms with Crippen molar-refractivity contribution >= 4 is 13.4 Å². The van der Waals surface area contributed by atoms with Gasteiger partial charge in [0, 0.05) is 5.69 Å². The summed E-state index contributed by atoms with van der Waals surface area (Å²) in [6.07, 6.45) is 17.5. The van der Waals surface area contributed by atoms with E-state index in [4.69, 9.17) is 7.85 Å². The third kappa shape index (κ3) is 9.92. The van der Waals surface area contributed by atoms with Gasteiger partial charge in [0.25, 0.3) is 0 Å². The van der Waals surface area contributed by atoms with Crippen molar-refractivity contribution in [2.24, 2.45) is 0 Å². The zero-order chi connectivity index (χ0) is 25.3. The highest BCUT2D eigenvalue weighted by atomic mass is 14.9. The third-order valence-electron chi connectivity index (χ3n) is 6.55. The number of unbranched alkanes of at least 4 members (excludes halogenated alkanes) is 6. The Labute approximate surface area is 216 Å². The van der Waals surface area contributed by atoms with E-state index >= 15 is 0 Å². The minimum Gasteiger partial charge on any atom is -0.348 e. The minimum absolute atomic E-state index is 0.554. The van der Waals surface area contributed by atoms with Crippen LogP contribution in [0.2, 0.25) is 6.32 Å². The molecule has 3 heteroatoms. The molecule has 0 saturated carbocycles. The summed E-state index contributed by atoms with van der Waals surface area (Å²) in [6, 6.07) is 16.9. The van der Waals surface area contributed by atoms with Gasteiger partial charge < -0.3 is 4.98 Å². The molecule has 0 unspecified atom stereocenters. The monoisotopic (exact) mass is 468 g/mol. The lowest BCUT2D eigenvalue weighted by molar-refractivity contribution is 0.643. The maximum absolute atomic E-state index is 5.73. The molecule has 0 atom stereocenters. The Kier molecular flexibility index (Phi) is 13.9. The number of imidazole rings is 1. The van der Waals surface area contributed by atoms with Crippen molar-refractivity contribution in [3.05, 3.63) is 94.6 Å². The van der Waals surface area contributed by atoms with Crippen LogP contribution in [0.1, 0.15) is 98.9 Å². The summed E-state index contributed by atoms with van der Waals surface area (Å²) in [5, 5.41) is 0. The number of benzene rings is 2. The second-order valence-electron chi connectivity index (χ2n) is 9.43. The number of aromatic nitrogens is 2. The number of aromatic amines is 1. The molecule has 186 valence electrons. The number of nitrogens with one attached hydrogen (secondary N) is 1. The van der Waals surface area contributed by atoms with Crippen molar-refractivity contribution < 1.29 is 0 Å². The number of rotatable bonds is 13. The summed E-state index contributed by atoms with van der Waals surface area (Å²) in [5.74, 6) is 0. The normalized spacial score (nSPS) is 10.5. The molecular weight excluding hydrogens is 423 g/mol. The maximum Gasteiger partial charge on any atom is 0.0925 e. The van der Waals surface area contributed by atoms with Gasteiger partial charge in [-0.25, -0.2) is 4.98 Å². The highest BCUT2D eigenvalue weighted by Crippen LogP contribution is 2.28. The van der Waals surface area contributed by atoms with E-state index in [1.54, 1.807) is 0 Å². The maximum atomic E-state index is 5.73. The van der Waals surface area contributed by atoms with Crippen LogP contribution in [0.3, 0.4) is 0 Å². The molecule has 1 aromatic heterocycles. The SMILES string of the molecule is CCCCCCc1nc[nH]c1CCCCCC.[B]CC=C(c1ccccc1C)c1ccccc1C. The number of nitrogens with zero attached hydrogens (tertiary/aromatic N) is 1. The summed E-state index contributed by atoms with van der Waals surface area (Å²) in [5.41, 5.74) is 9.01. The Bertz CT molecular complexity index is 928. The zero-order valence-corrected chi connectivity index (χ0v) is 22.6. The molecule has 3 rings (SSSR count). The number of hydrogen-bond acceptors (Lipinski definition) is 1. The first-order valence-electron chi connectivity index (χ1n) is 13.7. The van der Waals surface area contributed by atoms with Crippen molar-refractivity contribution in [1.82, 2.24) is 9.97 Å². The first-order valence-corrected chi connectivity index (χ1v) is 13.7. The minimum atomic E-state index is 0.554. The Balaban J connectivity index is 0.000000247. The number of H-pyrrole nitrogens is 1. The van der Waals surface area contributed by atoms with Gasteiger partial charge in [-0.05, 0) is 67.4 Å². The van der Waals surface area contributed by atoms with Gasteiger partial charge in [0.15, 0.2) is 0 Å². The Morgan fingerprint density at radius 3 is 1.83 bits per heavy atom. The van der Waals surface area contributed by atoms with Gasteiger partial charge in [-0.3, -0.25) is 0 Å². The second-order valence-corrected chi connectivity index (χ2v) is 9.43. The predicted molar refractivity (Wildman–Crippen MR) is 154 cm³/mol. The molecule has 0 fully saturated rings. The molecule has 2 nitrogen and oxygen atoms in total. The second kappa shape index (κ2) is 17.0. The Hall–Kier alpha value is -2.55. The van der Waals surface area contributed by atoms with Crippen LogP contribution >= 0.6 is 0 Å². The van der Waals surface area contributed by atoms with E-state index in [1.165, 1.54) is 97.0 Å². The highest BCUT2D eigenvalue weighted by Gasteiger charge is 2.09. The molecular formula is C32H45BN2. The molecule has 0 saturated heterocycles. The summed E-state index contributed by atoms with van der Waals surface area (Å²) in [6.45, 7) is 8.79. The van der Waals surface area contributed by atoms with Crippen LogP contribution in [0.5, 0.6) is 0 Å². The van der Waals surface area contributed by atoms with Crippen LogP contribution in [0.25, 0.3) is 5.57 Å². The van der Waals surface area contributed by atoms with Crippen LogP contribution in [-0.4, -0.2) is 17.8 Å². The topological polar surface area (TPSA) is 28.7 Å². The lowest BCUT2D eigenvalue weighted by Gasteiger charge is -2.13. The Morgan fingerprint density at radius 2 is 1.31 bits per heavy atom. The van der Waals surface area contributed by atoms with Gasteiger partial charge in [0.2, 0.25) is 0 Å². The highest BCUT2D eigenvalue weighted by molar-refractivity contribution is 6.10. The third-order valence-corrected chi connectivity index (χ3v) is 6.55. The average molecular weight is 469 g/mol. The van der Waals surface area contributed by atoms with Crippen molar-refractivity contribution in [3.8, 4) is 0 Å². The zero-order valence-electron chi connectivity index (χ0n) is 22.6. The quantitative estimate of drug-likeness (QED) is 0.197. The number of allylic oxidation sites excluding steroid dienone is 1. The first kappa shape index (κ1) is 28.7. The van der Waals surface area contributed by atoms with E-state index in [0.717, 1.165) is 6.42 Å². The number of hydrogen-bond donors (Lipinski definition) is 1. The van der Waals surface area contributed by atoms with Crippen LogP contribution in [0, 0.1) is 13.8 Å². The van der Waals surface area contributed by atoms with Gasteiger partial charge >= 0.3 is 0 Å². The summed E-state index contributed by atoms with van der Waals surface area (Å²) in [4.78, 5) is 7.77. The van der Waals surface area contributed by atoms with Gasteiger partial charge in [0.1, 0.15) is 0 Å². The van der Waals surface area contributed by atoms with Crippen LogP contribution in [-0.2, 0) is 12.8 Å². The summed E-state index contributed by atoms with van der Waals surface area (Å²) in [7, 11) is 5.73. The molecule has 35 heavy (non-hydrogen) atoms. The molecule has 0 amide bonds. The molecule has 2 radical (unpaired) electrons. The lowest BCUT2D eigenvalue weighted by atomic mass is 9.89. The first-order chi connectivity index (χ1) is 17.1. The fourth-order valence-electron chi connectivity index (χ4n) is 4.46. The molecule has 0 aliphatic carbocycles. The van der Waals surface area contributed by atoms with Gasteiger partial charge in [-0.1, -0.05) is 113 Å². The molecule has 0 aliphatic heterocycles. The molecule has 3 aromatic rings. The standard InChI is InChI=1S/C17H17B.C15H28N2/c1-13-7-3-5-9-15(13)17(11-12-18)16-10-6-4-8-14(16)2;1-3-5-7-9-11-14-15(17-13-16-14)12-10-8-6-4-2/h3-11H,12H2,1-2H3;13H,3-12H2,1-2H3,(H,16,17). The van der Waals surface area contributed by atoms with Crippen molar-refractivity contribution in [2.45, 2.75) is 98.2 Å². The van der Waals surface area contributed by atoms with Crippen LogP contribution in [0.15, 0.2) is 60.9 Å². The van der Waals surface area contributed by atoms with Crippen molar-refractivity contribution in [2.75, 3.05) is 0 Å². The fraction of sp³-hybridized carbons (Fsp3) is 0.469. The number of aryl methyl sites for hydroxylation is 4. The predicted octanol–water partition coefficient (Wildman–Crippen LogP) is 8.98. The van der Waals surface area contributed by atoms with Gasteiger partial charge in [-0.2, -0.15) is 0 Å². The molecule has 0 bridgehead atoms. The van der Waals surface area contributed by atoms with Gasteiger partial charge in [0.05, 0.1) is 19.9 Å². The van der Waals surface area contributed by atoms with E-state index in [-0.39, 0.29) is 0 Å². The van der Waals surface area contributed by atoms with Crippen LogP contribution in [0.4, 0.5) is 0 Å². The van der Waals surface area contributed by atoms with E-state index in [2.05, 4.69) is 92.3 Å². The molecule has 0 aliphatic rings. The van der Waals surface area contributed by atoms with E-state index in [9.17, 15) is 0 Å². The van der Waals surface area contributed by atoms with E-state index in [1.807, 2.05) is 6.33 Å². The summed E-state index contributed by atoms with van der Waals surface area (Å²) < 4.78 is 0. The molecule has 0 spiro atoms. The molecule has 1 heterocycles.